The molecule has 0 fully saturated rings. The van der Waals surface area contributed by atoms with Crippen LogP contribution in [0, 0.1) is 0 Å². The van der Waals surface area contributed by atoms with Crippen molar-refractivity contribution < 1.29 is 4.74 Å². The molecule has 0 aromatic heterocycles. The van der Waals surface area contributed by atoms with Crippen LogP contribution in [-0.2, 0) is 0 Å². The first-order valence-corrected chi connectivity index (χ1v) is 6.15. The fourth-order valence-corrected chi connectivity index (χ4v) is 2.45. The van der Waals surface area contributed by atoms with Gasteiger partial charge < -0.3 is 4.74 Å². The fourth-order valence-electron chi connectivity index (χ4n) is 2.45. The molecule has 0 aliphatic carbocycles. The van der Waals surface area contributed by atoms with Crippen LogP contribution in [0.4, 0.5) is 0 Å². The van der Waals surface area contributed by atoms with Gasteiger partial charge in [-0.25, -0.2) is 0 Å². The summed E-state index contributed by atoms with van der Waals surface area (Å²) in [4.78, 5) is 0. The maximum atomic E-state index is 6.05. The molecule has 0 amide bonds. The number of para-hydroxylation sites is 1. The van der Waals surface area contributed by atoms with E-state index >= 15 is 0 Å². The average molecular weight is 240 g/mol. The molecule has 92 valence electrons. The summed E-state index contributed by atoms with van der Waals surface area (Å²) in [5.74, 6) is 6.57. The van der Waals surface area contributed by atoms with E-state index < -0.39 is 0 Å². The van der Waals surface area contributed by atoms with Crippen LogP contribution in [0.1, 0.15) is 29.7 Å². The molecule has 0 spiro atoms. The van der Waals surface area contributed by atoms with Crippen LogP contribution >= 0.6 is 0 Å². The number of nitrogens with two attached hydrogens (primary N) is 1. The Labute approximate surface area is 107 Å². The van der Waals surface area contributed by atoms with Crippen LogP contribution in [0.15, 0.2) is 54.6 Å². The van der Waals surface area contributed by atoms with Gasteiger partial charge in [0.15, 0.2) is 0 Å². The Bertz CT molecular complexity index is 527. The minimum atomic E-state index is 0.0575. The minimum Gasteiger partial charge on any atom is -0.485 e. The van der Waals surface area contributed by atoms with E-state index in [2.05, 4.69) is 23.6 Å². The van der Waals surface area contributed by atoms with Crippen LogP contribution < -0.4 is 16.0 Å². The molecule has 1 heterocycles. The lowest BCUT2D eigenvalue weighted by atomic mass is 9.93. The number of fused-ring (bicyclic) bond motifs is 1. The Balaban J connectivity index is 1.95. The summed E-state index contributed by atoms with van der Waals surface area (Å²) in [7, 11) is 0. The Hall–Kier alpha value is -1.84. The summed E-state index contributed by atoms with van der Waals surface area (Å²) in [6.45, 7) is 0. The van der Waals surface area contributed by atoms with Gasteiger partial charge in [-0.3, -0.25) is 11.3 Å². The van der Waals surface area contributed by atoms with Gasteiger partial charge in [0.2, 0.25) is 0 Å². The van der Waals surface area contributed by atoms with E-state index in [1.165, 1.54) is 5.56 Å². The maximum absolute atomic E-state index is 6.05. The Morgan fingerprint density at radius 1 is 1.00 bits per heavy atom. The Morgan fingerprint density at radius 3 is 2.50 bits per heavy atom. The first-order chi connectivity index (χ1) is 8.88. The summed E-state index contributed by atoms with van der Waals surface area (Å²) in [5.41, 5.74) is 5.20. The van der Waals surface area contributed by atoms with Crippen molar-refractivity contribution in [2.75, 3.05) is 0 Å². The summed E-state index contributed by atoms with van der Waals surface area (Å²) < 4.78 is 6.05. The number of rotatable bonds is 2. The third-order valence-corrected chi connectivity index (χ3v) is 3.39. The molecule has 3 heteroatoms. The van der Waals surface area contributed by atoms with Gasteiger partial charge in [0.25, 0.3) is 0 Å². The van der Waals surface area contributed by atoms with Gasteiger partial charge in [0.1, 0.15) is 11.9 Å². The lowest BCUT2D eigenvalue weighted by Crippen LogP contribution is -2.33. The topological polar surface area (TPSA) is 47.3 Å². The minimum absolute atomic E-state index is 0.0575. The molecule has 0 radical (unpaired) electrons. The number of ether oxygens (including phenoxy) is 1. The van der Waals surface area contributed by atoms with Crippen molar-refractivity contribution in [3.8, 4) is 5.75 Å². The van der Waals surface area contributed by atoms with Gasteiger partial charge in [0, 0.05) is 12.0 Å². The molecule has 2 aromatic carbocycles. The van der Waals surface area contributed by atoms with Crippen molar-refractivity contribution in [2.24, 2.45) is 5.84 Å². The Kier molecular flexibility index (Phi) is 3.00. The molecule has 0 unspecified atom stereocenters. The highest BCUT2D eigenvalue weighted by Crippen LogP contribution is 2.39. The van der Waals surface area contributed by atoms with Crippen LogP contribution in [0.25, 0.3) is 0 Å². The Morgan fingerprint density at radius 2 is 1.72 bits per heavy atom. The monoisotopic (exact) mass is 240 g/mol. The summed E-state index contributed by atoms with van der Waals surface area (Å²) in [6, 6.07) is 18.4. The second-order valence-electron chi connectivity index (χ2n) is 4.51. The van der Waals surface area contributed by atoms with Gasteiger partial charge in [-0.2, -0.15) is 0 Å². The smallest absolute Gasteiger partial charge is 0.126 e. The second-order valence-corrected chi connectivity index (χ2v) is 4.51. The van der Waals surface area contributed by atoms with Gasteiger partial charge in [-0.05, 0) is 11.6 Å². The number of hydrogen-bond acceptors (Lipinski definition) is 3. The number of benzene rings is 2. The molecule has 18 heavy (non-hydrogen) atoms. The van der Waals surface area contributed by atoms with Crippen molar-refractivity contribution in [3.05, 3.63) is 65.7 Å². The zero-order valence-electron chi connectivity index (χ0n) is 10.0. The molecule has 3 N–H and O–H groups in total. The van der Waals surface area contributed by atoms with E-state index in [0.29, 0.717) is 0 Å². The van der Waals surface area contributed by atoms with Crippen LogP contribution in [0.3, 0.4) is 0 Å². The molecule has 0 saturated heterocycles. The SMILES string of the molecule is NN[C@H]1C[C@@H](c2ccccc2)Oc2ccccc21. The molecule has 0 bridgehead atoms. The third-order valence-electron chi connectivity index (χ3n) is 3.39. The van der Waals surface area contributed by atoms with Gasteiger partial charge in [0.05, 0.1) is 6.04 Å². The van der Waals surface area contributed by atoms with Crippen molar-refractivity contribution in [1.82, 2.24) is 5.43 Å². The zero-order chi connectivity index (χ0) is 12.4. The highest BCUT2D eigenvalue weighted by molar-refractivity contribution is 5.39. The number of hydrogen-bond donors (Lipinski definition) is 2. The predicted octanol–water partition coefficient (Wildman–Crippen LogP) is 2.71. The fraction of sp³-hybridized carbons (Fsp3) is 0.200. The first kappa shape index (κ1) is 11.3. The predicted molar refractivity (Wildman–Crippen MR) is 70.9 cm³/mol. The molecule has 1 aliphatic rings. The van der Waals surface area contributed by atoms with Crippen LogP contribution in [0.2, 0.25) is 0 Å². The van der Waals surface area contributed by atoms with E-state index in [9.17, 15) is 0 Å². The summed E-state index contributed by atoms with van der Waals surface area (Å²) in [6.07, 6.45) is 0.902. The molecule has 0 saturated carbocycles. The summed E-state index contributed by atoms with van der Waals surface area (Å²) in [5, 5.41) is 0. The molecular formula is C15H16N2O. The molecule has 3 nitrogen and oxygen atoms in total. The van der Waals surface area contributed by atoms with Crippen molar-refractivity contribution in [2.45, 2.75) is 18.6 Å². The standard InChI is InChI=1S/C15H16N2O/c16-17-13-10-15(11-6-2-1-3-7-11)18-14-9-5-4-8-12(13)14/h1-9,13,15,17H,10,16H2/t13-,15-/m0/s1. The zero-order valence-corrected chi connectivity index (χ0v) is 10.0. The van der Waals surface area contributed by atoms with E-state index in [1.807, 2.05) is 36.4 Å². The molecule has 2 aromatic rings. The van der Waals surface area contributed by atoms with Gasteiger partial charge in [-0.15, -0.1) is 0 Å². The maximum Gasteiger partial charge on any atom is 0.126 e. The lowest BCUT2D eigenvalue weighted by Gasteiger charge is -2.32. The van der Waals surface area contributed by atoms with E-state index in [1.54, 1.807) is 0 Å². The number of hydrazine groups is 1. The number of nitrogens with one attached hydrogen (secondary N) is 1. The second kappa shape index (κ2) is 4.80. The largest absolute Gasteiger partial charge is 0.485 e. The van der Waals surface area contributed by atoms with Gasteiger partial charge >= 0.3 is 0 Å². The van der Waals surface area contributed by atoms with Crippen LogP contribution in [0.5, 0.6) is 5.75 Å². The molecule has 1 aliphatic heterocycles. The third kappa shape index (κ3) is 1.98. The molecule has 3 rings (SSSR count). The molecule has 2 atom stereocenters. The normalized spacial score (nSPS) is 22.1. The highest BCUT2D eigenvalue weighted by Gasteiger charge is 2.28. The quantitative estimate of drug-likeness (QED) is 0.626. The molecular weight excluding hydrogens is 224 g/mol. The lowest BCUT2D eigenvalue weighted by molar-refractivity contribution is 0.151. The summed E-state index contributed by atoms with van der Waals surface area (Å²) >= 11 is 0. The van der Waals surface area contributed by atoms with Gasteiger partial charge in [-0.1, -0.05) is 48.5 Å². The average Bonchev–Trinajstić information content (AvgIpc) is 2.47. The highest BCUT2D eigenvalue weighted by atomic mass is 16.5. The van der Waals surface area contributed by atoms with E-state index in [-0.39, 0.29) is 12.1 Å². The van der Waals surface area contributed by atoms with E-state index in [4.69, 9.17) is 10.6 Å². The van der Waals surface area contributed by atoms with Crippen molar-refractivity contribution >= 4 is 0 Å². The first-order valence-electron chi connectivity index (χ1n) is 6.15. The van der Waals surface area contributed by atoms with Crippen molar-refractivity contribution in [3.63, 3.8) is 0 Å². The van der Waals surface area contributed by atoms with Crippen molar-refractivity contribution in [1.29, 1.82) is 0 Å². The van der Waals surface area contributed by atoms with E-state index in [0.717, 1.165) is 17.7 Å². The van der Waals surface area contributed by atoms with Crippen LogP contribution in [-0.4, -0.2) is 0 Å².